The zero-order chi connectivity index (χ0) is 14.0. The van der Waals surface area contributed by atoms with Gasteiger partial charge in [-0.15, -0.1) is 0 Å². The molecule has 0 bridgehead atoms. The van der Waals surface area contributed by atoms with E-state index in [2.05, 4.69) is 34.9 Å². The molecule has 2 saturated heterocycles. The van der Waals surface area contributed by atoms with Crippen LogP contribution in [0.1, 0.15) is 24.8 Å². The second-order valence-electron chi connectivity index (χ2n) is 6.45. The van der Waals surface area contributed by atoms with Gasteiger partial charge in [-0.05, 0) is 45.0 Å². The van der Waals surface area contributed by atoms with Crippen LogP contribution in [-0.2, 0) is 11.3 Å². The van der Waals surface area contributed by atoms with Crippen molar-refractivity contribution in [1.29, 1.82) is 0 Å². The lowest BCUT2D eigenvalue weighted by Gasteiger charge is -2.38. The molecule has 4 nitrogen and oxygen atoms in total. The Morgan fingerprint density at radius 3 is 2.80 bits per heavy atom. The molecule has 3 heterocycles. The smallest absolute Gasteiger partial charge is 0.0723 e. The Morgan fingerprint density at radius 2 is 2.20 bits per heavy atom. The number of ether oxygens (including phenoxy) is 1. The summed E-state index contributed by atoms with van der Waals surface area (Å²) in [7, 11) is 4.31. The van der Waals surface area contributed by atoms with Crippen LogP contribution in [0.4, 0.5) is 0 Å². The van der Waals surface area contributed by atoms with Crippen molar-refractivity contribution in [3.63, 3.8) is 0 Å². The number of pyridine rings is 1. The monoisotopic (exact) mass is 275 g/mol. The largest absolute Gasteiger partial charge is 0.373 e. The van der Waals surface area contributed by atoms with Gasteiger partial charge in [0.2, 0.25) is 0 Å². The Kier molecular flexibility index (Phi) is 4.06. The number of piperidine rings is 1. The Morgan fingerprint density at radius 1 is 1.40 bits per heavy atom. The van der Waals surface area contributed by atoms with Crippen molar-refractivity contribution >= 4 is 0 Å². The van der Waals surface area contributed by atoms with Gasteiger partial charge in [0, 0.05) is 38.1 Å². The Hall–Kier alpha value is -0.970. The van der Waals surface area contributed by atoms with Crippen LogP contribution in [0.25, 0.3) is 0 Å². The Labute approximate surface area is 121 Å². The molecule has 0 aliphatic carbocycles. The fourth-order valence-corrected chi connectivity index (χ4v) is 3.37. The summed E-state index contributed by atoms with van der Waals surface area (Å²) in [6, 6.07) is 4.77. The number of likely N-dealkylation sites (tertiary alicyclic amines) is 1. The average Bonchev–Trinajstić information content (AvgIpc) is 2.87. The van der Waals surface area contributed by atoms with Gasteiger partial charge in [0.25, 0.3) is 0 Å². The summed E-state index contributed by atoms with van der Waals surface area (Å²) in [6.45, 7) is 4.18. The maximum atomic E-state index is 6.17. The van der Waals surface area contributed by atoms with E-state index in [1.807, 2.05) is 18.5 Å². The lowest BCUT2D eigenvalue weighted by Crippen LogP contribution is -2.44. The molecule has 20 heavy (non-hydrogen) atoms. The van der Waals surface area contributed by atoms with Crippen molar-refractivity contribution < 1.29 is 4.74 Å². The lowest BCUT2D eigenvalue weighted by atomic mass is 9.87. The fraction of sp³-hybridized carbons (Fsp3) is 0.688. The molecule has 0 saturated carbocycles. The van der Waals surface area contributed by atoms with Crippen molar-refractivity contribution in [3.8, 4) is 0 Å². The van der Waals surface area contributed by atoms with Gasteiger partial charge in [-0.25, -0.2) is 0 Å². The van der Waals surface area contributed by atoms with Gasteiger partial charge in [0.1, 0.15) is 0 Å². The minimum absolute atomic E-state index is 0.153. The van der Waals surface area contributed by atoms with Crippen LogP contribution >= 0.6 is 0 Å². The van der Waals surface area contributed by atoms with E-state index in [0.29, 0.717) is 6.04 Å². The van der Waals surface area contributed by atoms with Gasteiger partial charge < -0.3 is 9.64 Å². The van der Waals surface area contributed by atoms with E-state index in [-0.39, 0.29) is 5.60 Å². The molecule has 0 aromatic carbocycles. The molecular formula is C16H25N3O. The number of hydrogen-bond acceptors (Lipinski definition) is 4. The van der Waals surface area contributed by atoms with Gasteiger partial charge in [-0.3, -0.25) is 9.88 Å². The molecule has 1 spiro atoms. The zero-order valence-corrected chi connectivity index (χ0v) is 12.6. The predicted octanol–water partition coefficient (Wildman–Crippen LogP) is 1.77. The Bertz CT molecular complexity index is 427. The van der Waals surface area contributed by atoms with E-state index < -0.39 is 0 Å². The summed E-state index contributed by atoms with van der Waals surface area (Å²) in [5, 5.41) is 0. The predicted molar refractivity (Wildman–Crippen MR) is 79.5 cm³/mol. The standard InChI is InChI=1S/C16H25N3O/c1-18(2)15-10-16(20-13-15)5-8-19(9-6-16)12-14-4-3-7-17-11-14/h3-4,7,11,15H,5-6,8-10,12-13H2,1-2H3. The molecule has 1 unspecified atom stereocenters. The minimum Gasteiger partial charge on any atom is -0.373 e. The second kappa shape index (κ2) is 5.80. The normalized spacial score (nSPS) is 26.4. The average molecular weight is 275 g/mol. The van der Waals surface area contributed by atoms with Gasteiger partial charge in [0.05, 0.1) is 12.2 Å². The Balaban J connectivity index is 1.53. The number of likely N-dealkylation sites (N-methyl/N-ethyl adjacent to an activating group) is 1. The van der Waals surface area contributed by atoms with Crippen LogP contribution in [-0.4, -0.2) is 60.2 Å². The third-order valence-electron chi connectivity index (χ3n) is 4.82. The molecule has 1 atom stereocenters. The summed E-state index contributed by atoms with van der Waals surface area (Å²) < 4.78 is 6.17. The highest BCUT2D eigenvalue weighted by Gasteiger charge is 2.43. The first-order valence-electron chi connectivity index (χ1n) is 7.59. The topological polar surface area (TPSA) is 28.6 Å². The van der Waals surface area contributed by atoms with E-state index in [4.69, 9.17) is 4.74 Å². The number of hydrogen-bond donors (Lipinski definition) is 0. The summed E-state index contributed by atoms with van der Waals surface area (Å²) in [5.41, 5.74) is 1.46. The quantitative estimate of drug-likeness (QED) is 0.840. The van der Waals surface area contributed by atoms with Gasteiger partial charge >= 0.3 is 0 Å². The first-order chi connectivity index (χ1) is 9.67. The molecule has 2 aliphatic rings. The SMILES string of the molecule is CN(C)C1COC2(CCN(Cc3cccnc3)CC2)C1. The third-order valence-corrected chi connectivity index (χ3v) is 4.82. The molecular weight excluding hydrogens is 250 g/mol. The van der Waals surface area contributed by atoms with Crippen LogP contribution in [0.5, 0.6) is 0 Å². The van der Waals surface area contributed by atoms with E-state index in [1.54, 1.807) is 0 Å². The molecule has 1 aromatic rings. The summed E-state index contributed by atoms with van der Waals surface area (Å²) >= 11 is 0. The van der Waals surface area contributed by atoms with Crippen molar-refractivity contribution in [2.75, 3.05) is 33.8 Å². The molecule has 1 aromatic heterocycles. The van der Waals surface area contributed by atoms with E-state index in [9.17, 15) is 0 Å². The maximum absolute atomic E-state index is 6.17. The summed E-state index contributed by atoms with van der Waals surface area (Å²) in [6.07, 6.45) is 7.33. The van der Waals surface area contributed by atoms with Crippen LogP contribution < -0.4 is 0 Å². The third kappa shape index (κ3) is 3.03. The first kappa shape index (κ1) is 14.0. The summed E-state index contributed by atoms with van der Waals surface area (Å²) in [4.78, 5) is 9.02. The van der Waals surface area contributed by atoms with Crippen molar-refractivity contribution in [1.82, 2.24) is 14.8 Å². The molecule has 4 heteroatoms. The van der Waals surface area contributed by atoms with E-state index in [0.717, 1.165) is 39.1 Å². The molecule has 2 fully saturated rings. The zero-order valence-electron chi connectivity index (χ0n) is 12.6. The highest BCUT2D eigenvalue weighted by molar-refractivity contribution is 5.08. The maximum Gasteiger partial charge on any atom is 0.0723 e. The van der Waals surface area contributed by atoms with Gasteiger partial charge in [0.15, 0.2) is 0 Å². The number of nitrogens with zero attached hydrogens (tertiary/aromatic N) is 3. The molecule has 0 N–H and O–H groups in total. The minimum atomic E-state index is 0.153. The van der Waals surface area contributed by atoms with Gasteiger partial charge in [-0.2, -0.15) is 0 Å². The number of aromatic nitrogens is 1. The van der Waals surface area contributed by atoms with Crippen LogP contribution in [0.2, 0.25) is 0 Å². The molecule has 110 valence electrons. The van der Waals surface area contributed by atoms with Crippen molar-refractivity contribution in [2.24, 2.45) is 0 Å². The molecule has 0 radical (unpaired) electrons. The van der Waals surface area contributed by atoms with Gasteiger partial charge in [-0.1, -0.05) is 6.07 Å². The van der Waals surface area contributed by atoms with E-state index >= 15 is 0 Å². The van der Waals surface area contributed by atoms with Crippen molar-refractivity contribution in [3.05, 3.63) is 30.1 Å². The number of rotatable bonds is 3. The summed E-state index contributed by atoms with van der Waals surface area (Å²) in [5.74, 6) is 0. The lowest BCUT2D eigenvalue weighted by molar-refractivity contribution is -0.0451. The van der Waals surface area contributed by atoms with Crippen molar-refractivity contribution in [2.45, 2.75) is 37.5 Å². The van der Waals surface area contributed by atoms with E-state index in [1.165, 1.54) is 12.0 Å². The van der Waals surface area contributed by atoms with Crippen LogP contribution in [0.15, 0.2) is 24.5 Å². The first-order valence-corrected chi connectivity index (χ1v) is 7.59. The molecule has 3 rings (SSSR count). The van der Waals surface area contributed by atoms with Crippen LogP contribution in [0, 0.1) is 0 Å². The molecule has 2 aliphatic heterocycles. The molecule has 0 amide bonds. The highest BCUT2D eigenvalue weighted by Crippen LogP contribution is 2.37. The fourth-order valence-electron chi connectivity index (χ4n) is 3.37. The van der Waals surface area contributed by atoms with Crippen LogP contribution in [0.3, 0.4) is 0 Å². The highest BCUT2D eigenvalue weighted by atomic mass is 16.5. The second-order valence-corrected chi connectivity index (χ2v) is 6.45.